The summed E-state index contributed by atoms with van der Waals surface area (Å²) in [6.07, 6.45) is 10.8. The number of nitrogens with zero attached hydrogens (tertiary/aromatic N) is 3. The van der Waals surface area contributed by atoms with Gasteiger partial charge >= 0.3 is 0 Å². The number of nitrogens with one attached hydrogen (secondary N) is 2. The maximum absolute atomic E-state index is 14.0. The molecule has 38 heavy (non-hydrogen) atoms. The smallest absolute Gasteiger partial charge is 0.228 e. The van der Waals surface area contributed by atoms with Gasteiger partial charge in [0, 0.05) is 37.9 Å². The van der Waals surface area contributed by atoms with E-state index in [4.69, 9.17) is 28.1 Å². The Morgan fingerprint density at radius 1 is 1.13 bits per heavy atom. The summed E-state index contributed by atoms with van der Waals surface area (Å²) < 4.78 is 0. The second-order valence-electron chi connectivity index (χ2n) is 12.8. The number of rotatable bonds is 8. The average Bonchev–Trinajstić information content (AvgIpc) is 2.93. The fourth-order valence-electron chi connectivity index (χ4n) is 7.57. The lowest BCUT2D eigenvalue weighted by Crippen LogP contribution is -2.64. The van der Waals surface area contributed by atoms with E-state index in [1.165, 1.54) is 32.4 Å². The summed E-state index contributed by atoms with van der Waals surface area (Å²) in [4.78, 5) is 24.2. The van der Waals surface area contributed by atoms with Gasteiger partial charge in [0.2, 0.25) is 5.91 Å². The molecule has 0 aromatic rings. The molecular weight excluding hydrogens is 498 g/mol. The molecule has 0 aromatic heterocycles. The number of likely N-dealkylation sites (tertiary alicyclic amines) is 2. The predicted molar refractivity (Wildman–Crippen MR) is 158 cm³/mol. The van der Waals surface area contributed by atoms with Crippen molar-refractivity contribution in [2.75, 3.05) is 39.3 Å². The number of piperidine rings is 2. The molecule has 3 fully saturated rings. The number of aliphatic imine (C=N–C) groups is 1. The molecule has 0 aliphatic carbocycles. The molecule has 6 N–H and O–H groups in total. The molecule has 0 bridgehead atoms. The van der Waals surface area contributed by atoms with Crippen molar-refractivity contribution in [3.05, 3.63) is 0 Å². The van der Waals surface area contributed by atoms with Gasteiger partial charge in [0.05, 0.1) is 29.5 Å². The van der Waals surface area contributed by atoms with E-state index in [-0.39, 0.29) is 28.8 Å². The highest BCUT2D eigenvalue weighted by Gasteiger charge is 2.42. The molecule has 4 rings (SSSR count). The first-order valence-corrected chi connectivity index (χ1v) is 15.9. The van der Waals surface area contributed by atoms with Crippen LogP contribution in [0.1, 0.15) is 78.6 Å². The van der Waals surface area contributed by atoms with Crippen molar-refractivity contribution in [2.24, 2.45) is 33.7 Å². The molecule has 1 amide bonds. The van der Waals surface area contributed by atoms with Crippen molar-refractivity contribution in [2.45, 2.75) is 114 Å². The van der Waals surface area contributed by atoms with E-state index in [2.05, 4.69) is 41.2 Å². The van der Waals surface area contributed by atoms with Crippen molar-refractivity contribution in [3.63, 3.8) is 0 Å². The maximum atomic E-state index is 14.0. The van der Waals surface area contributed by atoms with Crippen LogP contribution in [0, 0.1) is 17.3 Å². The van der Waals surface area contributed by atoms with Gasteiger partial charge in [0.25, 0.3) is 0 Å². The minimum absolute atomic E-state index is 0.0418. The summed E-state index contributed by atoms with van der Waals surface area (Å²) in [6, 6.07) is 0.842. The van der Waals surface area contributed by atoms with E-state index in [0.29, 0.717) is 12.0 Å². The van der Waals surface area contributed by atoms with Gasteiger partial charge in [-0.05, 0) is 75.9 Å². The summed E-state index contributed by atoms with van der Waals surface area (Å²) in [7, 11) is 0. The number of alkyl halides is 1. The second kappa shape index (κ2) is 13.7. The van der Waals surface area contributed by atoms with Crippen molar-refractivity contribution in [1.29, 1.82) is 0 Å². The van der Waals surface area contributed by atoms with Crippen molar-refractivity contribution >= 4 is 23.7 Å². The predicted octanol–water partition coefficient (Wildman–Crippen LogP) is 2.54. The van der Waals surface area contributed by atoms with Crippen LogP contribution in [0.4, 0.5) is 0 Å². The van der Waals surface area contributed by atoms with Gasteiger partial charge in [0.15, 0.2) is 0 Å². The quantitative estimate of drug-likeness (QED) is 0.272. The van der Waals surface area contributed by atoms with Crippen LogP contribution in [-0.4, -0.2) is 96.9 Å². The topological polar surface area (TPSA) is 112 Å². The third-order valence-corrected chi connectivity index (χ3v) is 10.7. The number of nitrogens with two attached hydrogens (primary N) is 2. The Bertz CT molecular complexity index is 783. The molecular formula is C29H54ClN7O. The molecule has 4 aliphatic heterocycles. The van der Waals surface area contributed by atoms with Gasteiger partial charge < -0.3 is 27.0 Å². The average molecular weight is 552 g/mol. The number of carbonyl (C=O) groups excluding carboxylic acids is 1. The SMILES string of the molecule is CCC1(C(C)C)CCCC(Cl)C=NC(C(C(=O)NC2CNCCC2N2CCC(N3CCC3)CC2)C(N)N)C1. The van der Waals surface area contributed by atoms with Crippen LogP contribution < -0.4 is 22.1 Å². The summed E-state index contributed by atoms with van der Waals surface area (Å²) in [5.74, 6) is -0.172. The molecule has 0 aromatic carbocycles. The fraction of sp³-hybridized carbons (Fsp3) is 0.931. The largest absolute Gasteiger partial charge is 0.350 e. The first-order chi connectivity index (χ1) is 18.2. The van der Waals surface area contributed by atoms with E-state index in [1.54, 1.807) is 0 Å². The van der Waals surface area contributed by atoms with Crippen LogP contribution in [0.3, 0.4) is 0 Å². The lowest BCUT2D eigenvalue weighted by molar-refractivity contribution is -0.128. The van der Waals surface area contributed by atoms with Crippen molar-refractivity contribution < 1.29 is 4.79 Å². The lowest BCUT2D eigenvalue weighted by atomic mass is 9.66. The molecule has 0 saturated carbocycles. The Morgan fingerprint density at radius 2 is 1.87 bits per heavy atom. The van der Waals surface area contributed by atoms with Gasteiger partial charge in [-0.2, -0.15) is 0 Å². The van der Waals surface area contributed by atoms with E-state index >= 15 is 0 Å². The highest BCUT2D eigenvalue weighted by atomic mass is 35.5. The minimum atomic E-state index is -0.782. The summed E-state index contributed by atoms with van der Waals surface area (Å²) in [6.45, 7) is 13.4. The number of carbonyl (C=O) groups is 1. The Balaban J connectivity index is 1.47. The molecule has 9 heteroatoms. The number of hydrogen-bond acceptors (Lipinski definition) is 7. The number of amides is 1. The molecule has 0 spiro atoms. The van der Waals surface area contributed by atoms with E-state index in [1.807, 2.05) is 6.21 Å². The number of hydrogen-bond donors (Lipinski definition) is 4. The molecule has 3 saturated heterocycles. The third kappa shape index (κ3) is 7.10. The van der Waals surface area contributed by atoms with Crippen LogP contribution in [0.15, 0.2) is 4.99 Å². The zero-order chi connectivity index (χ0) is 27.3. The van der Waals surface area contributed by atoms with Crippen LogP contribution in [0.5, 0.6) is 0 Å². The molecule has 4 heterocycles. The summed E-state index contributed by atoms with van der Waals surface area (Å²) in [5, 5.41) is 6.81. The van der Waals surface area contributed by atoms with E-state index < -0.39 is 12.1 Å². The summed E-state index contributed by atoms with van der Waals surface area (Å²) >= 11 is 6.59. The Morgan fingerprint density at radius 3 is 2.47 bits per heavy atom. The van der Waals surface area contributed by atoms with E-state index in [9.17, 15) is 4.79 Å². The van der Waals surface area contributed by atoms with Crippen LogP contribution in [0.2, 0.25) is 0 Å². The Labute approximate surface area is 236 Å². The van der Waals surface area contributed by atoms with Gasteiger partial charge in [-0.15, -0.1) is 11.6 Å². The molecule has 8 nitrogen and oxygen atoms in total. The van der Waals surface area contributed by atoms with Crippen LogP contribution in [0.25, 0.3) is 0 Å². The van der Waals surface area contributed by atoms with Crippen molar-refractivity contribution in [3.8, 4) is 0 Å². The van der Waals surface area contributed by atoms with E-state index in [0.717, 1.165) is 70.7 Å². The normalized spacial score (nSPS) is 35.4. The van der Waals surface area contributed by atoms with Crippen LogP contribution in [-0.2, 0) is 4.79 Å². The van der Waals surface area contributed by atoms with Gasteiger partial charge in [-0.3, -0.25) is 14.7 Å². The van der Waals surface area contributed by atoms with Gasteiger partial charge in [-0.1, -0.05) is 33.6 Å². The monoisotopic (exact) mass is 551 g/mol. The fourth-order valence-corrected chi connectivity index (χ4v) is 7.79. The van der Waals surface area contributed by atoms with Gasteiger partial charge in [0.1, 0.15) is 0 Å². The molecule has 218 valence electrons. The van der Waals surface area contributed by atoms with Gasteiger partial charge in [-0.25, -0.2) is 0 Å². The molecule has 4 aliphatic rings. The molecule has 0 radical (unpaired) electrons. The summed E-state index contributed by atoms with van der Waals surface area (Å²) in [5.41, 5.74) is 12.8. The highest BCUT2D eigenvalue weighted by molar-refractivity contribution is 6.28. The zero-order valence-electron chi connectivity index (χ0n) is 24.1. The maximum Gasteiger partial charge on any atom is 0.228 e. The number of halogens is 1. The molecule has 6 atom stereocenters. The van der Waals surface area contributed by atoms with Crippen LogP contribution >= 0.6 is 11.6 Å². The first kappa shape index (κ1) is 30.2. The highest BCUT2D eigenvalue weighted by Crippen LogP contribution is 2.44. The molecule has 6 unspecified atom stereocenters. The Hall–Kier alpha value is -0.770. The lowest BCUT2D eigenvalue weighted by Gasteiger charge is -2.47. The first-order valence-electron chi connectivity index (χ1n) is 15.4. The zero-order valence-corrected chi connectivity index (χ0v) is 24.8. The standard InChI is InChI=1S/C29H54ClN7O/c1-4-29(20(2)3)11-5-7-21(30)18-34-23(17-29)26(27(31)32)28(38)35-24-19-33-12-8-25(24)37-15-9-22(10-16-37)36-13-6-14-36/h18,20-27,33H,4-17,19,31-32H2,1-3H3,(H,35,38). The Kier molecular flexibility index (Phi) is 10.9. The second-order valence-corrected chi connectivity index (χ2v) is 13.3. The minimum Gasteiger partial charge on any atom is -0.350 e. The third-order valence-electron chi connectivity index (χ3n) is 10.4. The van der Waals surface area contributed by atoms with Crippen molar-refractivity contribution in [1.82, 2.24) is 20.4 Å².